The van der Waals surface area contributed by atoms with Crippen molar-refractivity contribution in [3.63, 3.8) is 0 Å². The Balaban J connectivity index is 2.11. The van der Waals surface area contributed by atoms with Crippen LogP contribution in [0.5, 0.6) is 0 Å². The van der Waals surface area contributed by atoms with E-state index < -0.39 is 0 Å². The van der Waals surface area contributed by atoms with Crippen molar-refractivity contribution in [2.24, 2.45) is 0 Å². The molecule has 0 atom stereocenters. The minimum atomic E-state index is 0.893. The molecule has 0 amide bonds. The summed E-state index contributed by atoms with van der Waals surface area (Å²) in [5, 5.41) is 3.17. The molecule has 1 N–H and O–H groups in total. The smallest absolute Gasteiger partial charge is 0.0437 e. The third kappa shape index (κ3) is 3.82. The zero-order chi connectivity index (χ0) is 13.7. The maximum absolute atomic E-state index is 3.66. The van der Waals surface area contributed by atoms with Crippen molar-refractivity contribution in [1.29, 1.82) is 0 Å². The Bertz CT molecular complexity index is 526. The van der Waals surface area contributed by atoms with Crippen LogP contribution in [0.2, 0.25) is 0 Å². The number of para-hydroxylation sites is 1. The first-order valence-electron chi connectivity index (χ1n) is 6.39. The third-order valence-electron chi connectivity index (χ3n) is 3.10. The van der Waals surface area contributed by atoms with Crippen LogP contribution in [-0.4, -0.2) is 14.1 Å². The van der Waals surface area contributed by atoms with Crippen molar-refractivity contribution in [2.45, 2.75) is 13.1 Å². The number of rotatable bonds is 5. The van der Waals surface area contributed by atoms with Crippen molar-refractivity contribution in [3.8, 4) is 0 Å². The highest BCUT2D eigenvalue weighted by Gasteiger charge is 2.05. The predicted molar refractivity (Wildman–Crippen MR) is 85.5 cm³/mol. The van der Waals surface area contributed by atoms with Gasteiger partial charge in [-0.2, -0.15) is 0 Å². The van der Waals surface area contributed by atoms with E-state index >= 15 is 0 Å². The van der Waals surface area contributed by atoms with Gasteiger partial charge in [0.1, 0.15) is 0 Å². The number of anilines is 1. The van der Waals surface area contributed by atoms with Crippen LogP contribution in [-0.2, 0) is 13.1 Å². The molecule has 0 spiro atoms. The van der Waals surface area contributed by atoms with Crippen LogP contribution < -0.4 is 10.2 Å². The van der Waals surface area contributed by atoms with Gasteiger partial charge in [0, 0.05) is 30.3 Å². The summed E-state index contributed by atoms with van der Waals surface area (Å²) in [5.74, 6) is 0. The Morgan fingerprint density at radius 2 is 1.84 bits per heavy atom. The average Bonchev–Trinajstić information content (AvgIpc) is 2.43. The summed E-state index contributed by atoms with van der Waals surface area (Å²) in [5.41, 5.74) is 3.82. The fraction of sp³-hybridized carbons (Fsp3) is 0.250. The summed E-state index contributed by atoms with van der Waals surface area (Å²) < 4.78 is 1.17. The molecule has 0 bridgehead atoms. The first-order chi connectivity index (χ1) is 9.20. The average molecular weight is 319 g/mol. The Hall–Kier alpha value is -1.32. The highest BCUT2D eigenvalue weighted by Crippen LogP contribution is 2.22. The molecule has 2 nitrogen and oxygen atoms in total. The summed E-state index contributed by atoms with van der Waals surface area (Å²) in [4.78, 5) is 2.25. The standard InChI is InChI=1S/C16H19BrN2/c1-18-11-13-8-9-14(16(17)10-13)12-19(2)15-6-4-3-5-7-15/h3-10,18H,11-12H2,1-2H3. The zero-order valence-corrected chi connectivity index (χ0v) is 12.9. The molecule has 0 aromatic heterocycles. The van der Waals surface area contributed by atoms with Crippen molar-refractivity contribution in [1.82, 2.24) is 5.32 Å². The number of nitrogens with zero attached hydrogens (tertiary/aromatic N) is 1. The molecule has 3 heteroatoms. The molecule has 2 rings (SSSR count). The van der Waals surface area contributed by atoms with E-state index in [1.165, 1.54) is 21.3 Å². The van der Waals surface area contributed by atoms with Gasteiger partial charge in [0.05, 0.1) is 0 Å². The van der Waals surface area contributed by atoms with E-state index in [1.54, 1.807) is 0 Å². The van der Waals surface area contributed by atoms with E-state index in [2.05, 4.69) is 75.7 Å². The molecule has 0 aliphatic carbocycles. The van der Waals surface area contributed by atoms with Crippen LogP contribution in [0.3, 0.4) is 0 Å². The van der Waals surface area contributed by atoms with Crippen molar-refractivity contribution < 1.29 is 0 Å². The number of nitrogens with one attached hydrogen (secondary N) is 1. The number of halogens is 1. The molecule has 0 saturated heterocycles. The lowest BCUT2D eigenvalue weighted by Crippen LogP contribution is -2.16. The number of benzene rings is 2. The van der Waals surface area contributed by atoms with Gasteiger partial charge in [-0.3, -0.25) is 0 Å². The van der Waals surface area contributed by atoms with Gasteiger partial charge in [-0.1, -0.05) is 46.3 Å². The van der Waals surface area contributed by atoms with Gasteiger partial charge in [-0.25, -0.2) is 0 Å². The van der Waals surface area contributed by atoms with Crippen molar-refractivity contribution in [2.75, 3.05) is 19.0 Å². The molecule has 2 aromatic carbocycles. The molecule has 0 heterocycles. The number of hydrogen-bond donors (Lipinski definition) is 1. The molecule has 19 heavy (non-hydrogen) atoms. The third-order valence-corrected chi connectivity index (χ3v) is 3.84. The molecule has 0 saturated carbocycles. The van der Waals surface area contributed by atoms with E-state index in [0.717, 1.165) is 13.1 Å². The molecule has 100 valence electrons. The van der Waals surface area contributed by atoms with E-state index in [4.69, 9.17) is 0 Å². The highest BCUT2D eigenvalue weighted by molar-refractivity contribution is 9.10. The highest BCUT2D eigenvalue weighted by atomic mass is 79.9. The van der Waals surface area contributed by atoms with Crippen LogP contribution in [0.4, 0.5) is 5.69 Å². The second-order valence-electron chi connectivity index (χ2n) is 4.65. The van der Waals surface area contributed by atoms with Gasteiger partial charge in [-0.05, 0) is 36.4 Å². The minimum Gasteiger partial charge on any atom is -0.370 e. The fourth-order valence-corrected chi connectivity index (χ4v) is 2.61. The summed E-state index contributed by atoms with van der Waals surface area (Å²) in [6.07, 6.45) is 0. The summed E-state index contributed by atoms with van der Waals surface area (Å²) in [7, 11) is 4.08. The van der Waals surface area contributed by atoms with Crippen LogP contribution in [0.15, 0.2) is 53.0 Å². The largest absolute Gasteiger partial charge is 0.370 e. The second kappa shape index (κ2) is 6.73. The van der Waals surface area contributed by atoms with E-state index in [-0.39, 0.29) is 0 Å². The first kappa shape index (κ1) is 14.1. The first-order valence-corrected chi connectivity index (χ1v) is 7.18. The minimum absolute atomic E-state index is 0.893. The summed E-state index contributed by atoms with van der Waals surface area (Å²) in [6.45, 7) is 1.79. The van der Waals surface area contributed by atoms with Gasteiger partial charge in [-0.15, -0.1) is 0 Å². The van der Waals surface area contributed by atoms with Crippen LogP contribution in [0.1, 0.15) is 11.1 Å². The molecule has 0 aliphatic rings. The molecule has 0 radical (unpaired) electrons. The van der Waals surface area contributed by atoms with Crippen LogP contribution in [0.25, 0.3) is 0 Å². The van der Waals surface area contributed by atoms with Gasteiger partial charge in [0.2, 0.25) is 0 Å². The van der Waals surface area contributed by atoms with Crippen LogP contribution in [0, 0.1) is 0 Å². The number of hydrogen-bond acceptors (Lipinski definition) is 2. The predicted octanol–water partition coefficient (Wildman–Crippen LogP) is 3.80. The van der Waals surface area contributed by atoms with Gasteiger partial charge >= 0.3 is 0 Å². The molecular weight excluding hydrogens is 300 g/mol. The Kier molecular flexibility index (Phi) is 5.00. The molecule has 2 aromatic rings. The summed E-state index contributed by atoms with van der Waals surface area (Å²) >= 11 is 3.66. The Morgan fingerprint density at radius 3 is 2.47 bits per heavy atom. The molecular formula is C16H19BrN2. The molecule has 0 fully saturated rings. The van der Waals surface area contributed by atoms with Gasteiger partial charge in [0.15, 0.2) is 0 Å². The SMILES string of the molecule is CNCc1ccc(CN(C)c2ccccc2)c(Br)c1. The lowest BCUT2D eigenvalue weighted by Gasteiger charge is -2.20. The van der Waals surface area contributed by atoms with Crippen molar-refractivity contribution in [3.05, 3.63) is 64.1 Å². The Morgan fingerprint density at radius 1 is 1.11 bits per heavy atom. The maximum Gasteiger partial charge on any atom is 0.0437 e. The van der Waals surface area contributed by atoms with Crippen molar-refractivity contribution >= 4 is 21.6 Å². The lowest BCUT2D eigenvalue weighted by molar-refractivity contribution is 0.815. The van der Waals surface area contributed by atoms with Gasteiger partial charge < -0.3 is 10.2 Å². The monoisotopic (exact) mass is 318 g/mol. The quantitative estimate of drug-likeness (QED) is 0.902. The second-order valence-corrected chi connectivity index (χ2v) is 5.50. The zero-order valence-electron chi connectivity index (χ0n) is 11.4. The van der Waals surface area contributed by atoms with E-state index in [1.807, 2.05) is 13.1 Å². The summed E-state index contributed by atoms with van der Waals surface area (Å²) in [6, 6.07) is 17.0. The maximum atomic E-state index is 3.66. The topological polar surface area (TPSA) is 15.3 Å². The molecule has 0 aliphatic heterocycles. The normalized spacial score (nSPS) is 10.5. The van der Waals surface area contributed by atoms with Gasteiger partial charge in [0.25, 0.3) is 0 Å². The lowest BCUT2D eigenvalue weighted by atomic mass is 10.1. The Labute approximate surface area is 123 Å². The van der Waals surface area contributed by atoms with Crippen LogP contribution >= 0.6 is 15.9 Å². The fourth-order valence-electron chi connectivity index (χ4n) is 2.06. The van der Waals surface area contributed by atoms with E-state index in [9.17, 15) is 0 Å². The van der Waals surface area contributed by atoms with E-state index in [0.29, 0.717) is 0 Å². The molecule has 0 unspecified atom stereocenters.